The summed E-state index contributed by atoms with van der Waals surface area (Å²) in [5.41, 5.74) is 2.70. The number of halogens is 2. The summed E-state index contributed by atoms with van der Waals surface area (Å²) in [6.45, 7) is 1.87. The Morgan fingerprint density at radius 2 is 1.95 bits per heavy atom. The molecule has 0 unspecified atom stereocenters. The number of benzene rings is 1. The lowest BCUT2D eigenvalue weighted by Crippen LogP contribution is -2.19. The Labute approximate surface area is 114 Å². The Morgan fingerprint density at radius 3 is 2.42 bits per heavy atom. The summed E-state index contributed by atoms with van der Waals surface area (Å²) in [4.78, 5) is 6.58. The van der Waals surface area contributed by atoms with Crippen LogP contribution >= 0.6 is 11.3 Å². The fourth-order valence-electron chi connectivity index (χ4n) is 1.85. The Kier molecular flexibility index (Phi) is 4.11. The monoisotopic (exact) mass is 284 g/mol. The highest BCUT2D eigenvalue weighted by Crippen LogP contribution is 2.26. The summed E-state index contributed by atoms with van der Waals surface area (Å²) in [5.74, 6) is -1.34. The molecule has 19 heavy (non-hydrogen) atoms. The van der Waals surface area contributed by atoms with Gasteiger partial charge in [-0.05, 0) is 24.6 Å². The van der Waals surface area contributed by atoms with Gasteiger partial charge in [-0.3, -0.25) is 0 Å². The molecule has 0 radical (unpaired) electrons. The average Bonchev–Trinajstić information content (AvgIpc) is 2.74. The minimum atomic E-state index is -0.672. The number of nitrogens with zero attached hydrogens (tertiary/aromatic N) is 2. The topological polar surface area (TPSA) is 36.4 Å². The van der Waals surface area contributed by atoms with Crippen LogP contribution < -0.4 is 4.90 Å². The molecule has 0 aliphatic carbocycles. The fourth-order valence-corrected chi connectivity index (χ4v) is 2.68. The molecule has 2 rings (SSSR count). The molecule has 2 aromatic rings. The highest BCUT2D eigenvalue weighted by molar-refractivity contribution is 7.09. The molecule has 3 nitrogen and oxygen atoms in total. The maximum atomic E-state index is 13.9. The van der Waals surface area contributed by atoms with Crippen molar-refractivity contribution in [1.82, 2.24) is 4.98 Å². The molecule has 1 aromatic heterocycles. The van der Waals surface area contributed by atoms with Gasteiger partial charge in [-0.15, -0.1) is 11.3 Å². The maximum absolute atomic E-state index is 13.9. The Hall–Kier alpha value is -1.53. The predicted molar refractivity (Wildman–Crippen MR) is 71.2 cm³/mol. The number of aromatic nitrogens is 1. The van der Waals surface area contributed by atoms with Crippen molar-refractivity contribution < 1.29 is 13.9 Å². The molecular weight excluding hydrogens is 270 g/mol. The lowest BCUT2D eigenvalue weighted by Gasteiger charge is -2.20. The van der Waals surface area contributed by atoms with Gasteiger partial charge in [0.05, 0.1) is 24.4 Å². The second-order valence-electron chi connectivity index (χ2n) is 4.28. The van der Waals surface area contributed by atoms with E-state index in [1.807, 2.05) is 6.92 Å². The van der Waals surface area contributed by atoms with Crippen LogP contribution in [0.3, 0.4) is 0 Å². The molecule has 0 spiro atoms. The number of rotatable bonds is 4. The molecule has 0 amide bonds. The molecular formula is C13H14F2N2OS. The third kappa shape index (κ3) is 2.90. The number of hydrogen-bond donors (Lipinski definition) is 1. The van der Waals surface area contributed by atoms with Crippen LogP contribution in [0.15, 0.2) is 17.6 Å². The highest BCUT2D eigenvalue weighted by Gasteiger charge is 2.16. The largest absolute Gasteiger partial charge is 0.392 e. The fraction of sp³-hybridized carbons (Fsp3) is 0.308. The summed E-state index contributed by atoms with van der Waals surface area (Å²) < 4.78 is 27.7. The van der Waals surface area contributed by atoms with Crippen molar-refractivity contribution in [2.45, 2.75) is 20.1 Å². The van der Waals surface area contributed by atoms with Crippen molar-refractivity contribution in [3.63, 3.8) is 0 Å². The van der Waals surface area contributed by atoms with Crippen LogP contribution in [0.5, 0.6) is 0 Å². The van der Waals surface area contributed by atoms with Gasteiger partial charge < -0.3 is 10.0 Å². The van der Waals surface area contributed by atoms with Gasteiger partial charge in [0.2, 0.25) is 0 Å². The second kappa shape index (κ2) is 5.63. The molecule has 1 N–H and O–H groups in total. The molecule has 0 atom stereocenters. The van der Waals surface area contributed by atoms with Crippen molar-refractivity contribution in [1.29, 1.82) is 0 Å². The smallest absolute Gasteiger partial charge is 0.149 e. The molecule has 102 valence electrons. The van der Waals surface area contributed by atoms with Gasteiger partial charge in [-0.25, -0.2) is 13.8 Å². The number of hydrogen-bond acceptors (Lipinski definition) is 4. The molecule has 0 saturated heterocycles. The first-order valence-corrected chi connectivity index (χ1v) is 6.59. The van der Waals surface area contributed by atoms with Crippen molar-refractivity contribution in [3.05, 3.63) is 45.4 Å². The van der Waals surface area contributed by atoms with E-state index < -0.39 is 11.6 Å². The van der Waals surface area contributed by atoms with Gasteiger partial charge in [0.1, 0.15) is 17.3 Å². The molecule has 1 heterocycles. The van der Waals surface area contributed by atoms with Gasteiger partial charge >= 0.3 is 0 Å². The van der Waals surface area contributed by atoms with Gasteiger partial charge in [0.15, 0.2) is 0 Å². The molecule has 0 aliphatic heterocycles. The standard InChI is InChI=1S/C13H14F2N2OS/c1-8-12(19-7-16-8)5-17(2)13-10(14)3-9(6-18)4-11(13)15/h3-4,7,18H,5-6H2,1-2H3. The number of thiazole rings is 1. The molecule has 0 fully saturated rings. The summed E-state index contributed by atoms with van der Waals surface area (Å²) in [7, 11) is 1.62. The van der Waals surface area contributed by atoms with Crippen LogP contribution in [0, 0.1) is 18.6 Å². The number of aliphatic hydroxyl groups is 1. The number of aryl methyl sites for hydroxylation is 1. The zero-order valence-corrected chi connectivity index (χ0v) is 11.5. The van der Waals surface area contributed by atoms with E-state index in [-0.39, 0.29) is 17.9 Å². The summed E-state index contributed by atoms with van der Waals surface area (Å²) >= 11 is 1.45. The van der Waals surface area contributed by atoms with Crippen LogP contribution in [0.1, 0.15) is 16.1 Å². The molecule has 0 bridgehead atoms. The van der Waals surface area contributed by atoms with Gasteiger partial charge in [-0.1, -0.05) is 0 Å². The first-order chi connectivity index (χ1) is 9.02. The third-order valence-corrected chi connectivity index (χ3v) is 3.79. The lowest BCUT2D eigenvalue weighted by atomic mass is 10.2. The van der Waals surface area contributed by atoms with Crippen LogP contribution in [-0.2, 0) is 13.2 Å². The van der Waals surface area contributed by atoms with Crippen molar-refractivity contribution in [2.75, 3.05) is 11.9 Å². The highest BCUT2D eigenvalue weighted by atomic mass is 32.1. The lowest BCUT2D eigenvalue weighted by molar-refractivity contribution is 0.280. The van der Waals surface area contributed by atoms with E-state index in [1.165, 1.54) is 16.2 Å². The van der Waals surface area contributed by atoms with E-state index in [4.69, 9.17) is 5.11 Å². The summed E-state index contributed by atoms with van der Waals surface area (Å²) in [6.07, 6.45) is 0. The SMILES string of the molecule is Cc1ncsc1CN(C)c1c(F)cc(CO)cc1F. The summed E-state index contributed by atoms with van der Waals surface area (Å²) in [5, 5.41) is 8.91. The number of anilines is 1. The van der Waals surface area contributed by atoms with Gasteiger partial charge in [0, 0.05) is 11.9 Å². The minimum Gasteiger partial charge on any atom is -0.392 e. The average molecular weight is 284 g/mol. The van der Waals surface area contributed by atoms with Gasteiger partial charge in [-0.2, -0.15) is 0 Å². The minimum absolute atomic E-state index is 0.0926. The second-order valence-corrected chi connectivity index (χ2v) is 5.22. The van der Waals surface area contributed by atoms with Crippen LogP contribution in [0.2, 0.25) is 0 Å². The van der Waals surface area contributed by atoms with Crippen molar-refractivity contribution >= 4 is 17.0 Å². The Morgan fingerprint density at radius 1 is 1.32 bits per heavy atom. The Balaban J connectivity index is 2.29. The van der Waals surface area contributed by atoms with Crippen LogP contribution in [0.4, 0.5) is 14.5 Å². The number of aliphatic hydroxyl groups excluding tert-OH is 1. The molecule has 1 aromatic carbocycles. The van der Waals surface area contributed by atoms with E-state index in [1.54, 1.807) is 12.6 Å². The molecule has 0 saturated carbocycles. The maximum Gasteiger partial charge on any atom is 0.149 e. The van der Waals surface area contributed by atoms with Gasteiger partial charge in [0.25, 0.3) is 0 Å². The summed E-state index contributed by atoms with van der Waals surface area (Å²) in [6, 6.07) is 2.29. The molecule has 0 aliphatic rings. The normalized spacial score (nSPS) is 10.8. The predicted octanol–water partition coefficient (Wildman–Crippen LogP) is 2.86. The van der Waals surface area contributed by atoms with Crippen LogP contribution in [-0.4, -0.2) is 17.1 Å². The van der Waals surface area contributed by atoms with E-state index in [0.29, 0.717) is 6.54 Å². The van der Waals surface area contributed by atoms with E-state index in [0.717, 1.165) is 22.7 Å². The Bertz CT molecular complexity index is 563. The van der Waals surface area contributed by atoms with E-state index >= 15 is 0 Å². The quantitative estimate of drug-likeness (QED) is 0.938. The van der Waals surface area contributed by atoms with Crippen molar-refractivity contribution in [2.24, 2.45) is 0 Å². The zero-order chi connectivity index (χ0) is 14.0. The first-order valence-electron chi connectivity index (χ1n) is 5.71. The van der Waals surface area contributed by atoms with Crippen molar-refractivity contribution in [3.8, 4) is 0 Å². The van der Waals surface area contributed by atoms with Crippen LogP contribution in [0.25, 0.3) is 0 Å². The molecule has 6 heteroatoms. The van der Waals surface area contributed by atoms with E-state index in [2.05, 4.69) is 4.98 Å². The third-order valence-electron chi connectivity index (χ3n) is 2.87. The first kappa shape index (κ1) is 13.9. The zero-order valence-electron chi connectivity index (χ0n) is 10.7. The van der Waals surface area contributed by atoms with E-state index in [9.17, 15) is 8.78 Å².